The van der Waals surface area contributed by atoms with Crippen molar-refractivity contribution in [2.75, 3.05) is 7.11 Å². The van der Waals surface area contributed by atoms with E-state index in [4.69, 9.17) is 4.74 Å². The van der Waals surface area contributed by atoms with E-state index in [1.165, 1.54) is 57.1 Å². The molecule has 22 heavy (non-hydrogen) atoms. The molecule has 0 saturated heterocycles. The largest absolute Gasteiger partial charge is 0.501 e. The fourth-order valence-corrected chi connectivity index (χ4v) is 5.82. The molecule has 0 aromatic heterocycles. The first kappa shape index (κ1) is 14.8. The first-order valence-electron chi connectivity index (χ1n) is 9.52. The van der Waals surface area contributed by atoms with Crippen LogP contribution in [0.5, 0.6) is 0 Å². The minimum absolute atomic E-state index is 0.650. The lowest BCUT2D eigenvalue weighted by Crippen LogP contribution is -2.36. The van der Waals surface area contributed by atoms with Gasteiger partial charge in [0.05, 0.1) is 12.9 Å². The minimum atomic E-state index is 0.650. The Morgan fingerprint density at radius 3 is 2.86 bits per heavy atom. The van der Waals surface area contributed by atoms with Gasteiger partial charge in [-0.05, 0) is 86.5 Å². The molecular formula is C21H32O. The second-order valence-electron chi connectivity index (χ2n) is 9.02. The molecule has 2 saturated carbocycles. The van der Waals surface area contributed by atoms with Crippen LogP contribution in [0.25, 0.3) is 0 Å². The lowest BCUT2D eigenvalue weighted by Gasteiger charge is -2.47. The van der Waals surface area contributed by atoms with Crippen LogP contribution in [0.2, 0.25) is 0 Å². The van der Waals surface area contributed by atoms with Gasteiger partial charge in [0.2, 0.25) is 0 Å². The summed E-state index contributed by atoms with van der Waals surface area (Å²) in [7, 11) is 1.83. The molecular weight excluding hydrogens is 268 g/mol. The van der Waals surface area contributed by atoms with E-state index in [9.17, 15) is 0 Å². The second-order valence-corrected chi connectivity index (χ2v) is 9.02. The van der Waals surface area contributed by atoms with Gasteiger partial charge in [-0.2, -0.15) is 0 Å². The highest BCUT2D eigenvalue weighted by atomic mass is 16.5. The molecule has 0 N–H and O–H groups in total. The van der Waals surface area contributed by atoms with Crippen molar-refractivity contribution in [1.82, 2.24) is 0 Å². The van der Waals surface area contributed by atoms with Gasteiger partial charge >= 0.3 is 0 Å². The molecule has 122 valence electrons. The molecule has 0 spiro atoms. The predicted molar refractivity (Wildman–Crippen MR) is 91.4 cm³/mol. The standard InChI is InChI=1S/C21H32O/c1-14-10-17(14)13-21(2)9-8-20-16(12-21)5-4-15-11-18(22-3)6-7-19(15)20/h6,14,16-17,20H,4-5,7-13H2,1-3H3/t14?,16?,17-,20?,21+/m0/s1. The smallest absolute Gasteiger partial charge is 0.0959 e. The monoisotopic (exact) mass is 300 g/mol. The fraction of sp³-hybridized carbons (Fsp3) is 0.810. The number of methoxy groups -OCH3 is 1. The van der Waals surface area contributed by atoms with E-state index in [-0.39, 0.29) is 0 Å². The van der Waals surface area contributed by atoms with Crippen LogP contribution in [0.15, 0.2) is 23.0 Å². The number of hydrogen-bond acceptors (Lipinski definition) is 1. The van der Waals surface area contributed by atoms with Gasteiger partial charge in [0.25, 0.3) is 0 Å². The number of hydrogen-bond donors (Lipinski definition) is 0. The van der Waals surface area contributed by atoms with Crippen LogP contribution in [0, 0.1) is 29.1 Å². The molecule has 1 nitrogen and oxygen atoms in total. The average molecular weight is 300 g/mol. The van der Waals surface area contributed by atoms with Crippen LogP contribution in [-0.4, -0.2) is 7.11 Å². The maximum absolute atomic E-state index is 5.50. The topological polar surface area (TPSA) is 9.23 Å². The van der Waals surface area contributed by atoms with Gasteiger partial charge in [-0.3, -0.25) is 0 Å². The molecule has 4 rings (SSSR count). The van der Waals surface area contributed by atoms with Crippen molar-refractivity contribution >= 4 is 0 Å². The Bertz CT molecular complexity index is 514. The lowest BCUT2D eigenvalue weighted by molar-refractivity contribution is 0.0891. The molecule has 1 heteroatoms. The Kier molecular flexibility index (Phi) is 3.66. The molecule has 0 bridgehead atoms. The van der Waals surface area contributed by atoms with E-state index in [1.54, 1.807) is 5.57 Å². The molecule has 0 aromatic rings. The van der Waals surface area contributed by atoms with Crippen molar-refractivity contribution in [2.45, 2.75) is 71.6 Å². The Labute approximate surface area is 136 Å². The van der Waals surface area contributed by atoms with E-state index < -0.39 is 0 Å². The van der Waals surface area contributed by atoms with Crippen LogP contribution < -0.4 is 0 Å². The van der Waals surface area contributed by atoms with Crippen LogP contribution in [-0.2, 0) is 4.74 Å². The van der Waals surface area contributed by atoms with Crippen molar-refractivity contribution in [3.63, 3.8) is 0 Å². The normalized spacial score (nSPS) is 44.0. The van der Waals surface area contributed by atoms with Gasteiger partial charge in [-0.1, -0.05) is 25.0 Å². The molecule has 0 radical (unpaired) electrons. The van der Waals surface area contributed by atoms with Crippen molar-refractivity contribution in [1.29, 1.82) is 0 Å². The molecule has 4 aliphatic carbocycles. The summed E-state index contributed by atoms with van der Waals surface area (Å²) in [6, 6.07) is 0. The molecule has 0 amide bonds. The van der Waals surface area contributed by atoms with Gasteiger partial charge in [0.15, 0.2) is 0 Å². The quantitative estimate of drug-likeness (QED) is 0.592. The lowest BCUT2D eigenvalue weighted by atomic mass is 9.58. The number of fused-ring (bicyclic) bond motifs is 2. The summed E-state index contributed by atoms with van der Waals surface area (Å²) in [4.78, 5) is 0. The SMILES string of the molecule is COC1=CCC2=C(CCC3C[C@](C)(C[C@@H]4CC4C)CCC23)C1. The Morgan fingerprint density at radius 1 is 1.32 bits per heavy atom. The van der Waals surface area contributed by atoms with E-state index in [0.717, 1.165) is 30.1 Å². The number of allylic oxidation sites excluding steroid dienone is 3. The zero-order valence-corrected chi connectivity index (χ0v) is 14.7. The van der Waals surface area contributed by atoms with Crippen LogP contribution >= 0.6 is 0 Å². The van der Waals surface area contributed by atoms with E-state index in [2.05, 4.69) is 19.9 Å². The first-order chi connectivity index (χ1) is 10.6. The van der Waals surface area contributed by atoms with Gasteiger partial charge in [0.1, 0.15) is 0 Å². The minimum Gasteiger partial charge on any atom is -0.501 e. The van der Waals surface area contributed by atoms with Crippen molar-refractivity contribution in [3.8, 4) is 0 Å². The van der Waals surface area contributed by atoms with Gasteiger partial charge in [-0.15, -0.1) is 0 Å². The summed E-state index contributed by atoms with van der Waals surface area (Å²) in [6.45, 7) is 5.04. The van der Waals surface area contributed by atoms with Gasteiger partial charge in [-0.25, -0.2) is 0 Å². The molecule has 3 unspecified atom stereocenters. The summed E-state index contributed by atoms with van der Waals surface area (Å²) in [5.74, 6) is 5.17. The van der Waals surface area contributed by atoms with E-state index in [0.29, 0.717) is 5.41 Å². The predicted octanol–water partition coefficient (Wildman–Crippen LogP) is 5.87. The third kappa shape index (κ3) is 2.65. The Morgan fingerprint density at radius 2 is 2.14 bits per heavy atom. The molecule has 0 aliphatic heterocycles. The zero-order chi connectivity index (χ0) is 15.3. The highest BCUT2D eigenvalue weighted by Crippen LogP contribution is 2.57. The fourth-order valence-electron chi connectivity index (χ4n) is 5.82. The summed E-state index contributed by atoms with van der Waals surface area (Å²) >= 11 is 0. The average Bonchev–Trinajstić information content (AvgIpc) is 3.20. The zero-order valence-electron chi connectivity index (χ0n) is 14.7. The summed E-state index contributed by atoms with van der Waals surface area (Å²) in [5, 5.41) is 0. The highest BCUT2D eigenvalue weighted by molar-refractivity contribution is 5.32. The van der Waals surface area contributed by atoms with Gasteiger partial charge < -0.3 is 4.74 Å². The van der Waals surface area contributed by atoms with Crippen LogP contribution in [0.3, 0.4) is 0 Å². The Balaban J connectivity index is 1.45. The van der Waals surface area contributed by atoms with Crippen molar-refractivity contribution < 1.29 is 4.74 Å². The third-order valence-corrected chi connectivity index (χ3v) is 7.33. The molecule has 0 heterocycles. The van der Waals surface area contributed by atoms with Crippen LogP contribution in [0.1, 0.15) is 71.6 Å². The number of ether oxygens (including phenoxy) is 1. The first-order valence-corrected chi connectivity index (χ1v) is 9.52. The second kappa shape index (κ2) is 5.42. The Hall–Kier alpha value is -0.720. The maximum Gasteiger partial charge on any atom is 0.0959 e. The summed E-state index contributed by atoms with van der Waals surface area (Å²) < 4.78 is 5.50. The maximum atomic E-state index is 5.50. The molecule has 4 aliphatic rings. The third-order valence-electron chi connectivity index (χ3n) is 7.33. The van der Waals surface area contributed by atoms with Crippen LogP contribution in [0.4, 0.5) is 0 Å². The van der Waals surface area contributed by atoms with E-state index in [1.807, 2.05) is 12.7 Å². The van der Waals surface area contributed by atoms with Gasteiger partial charge in [0, 0.05) is 6.42 Å². The van der Waals surface area contributed by atoms with E-state index >= 15 is 0 Å². The van der Waals surface area contributed by atoms with Crippen molar-refractivity contribution in [3.05, 3.63) is 23.0 Å². The van der Waals surface area contributed by atoms with Crippen molar-refractivity contribution in [2.24, 2.45) is 29.1 Å². The molecule has 2 fully saturated rings. The number of rotatable bonds is 3. The molecule has 0 aromatic carbocycles. The molecule has 5 atom stereocenters. The highest BCUT2D eigenvalue weighted by Gasteiger charge is 2.45. The summed E-state index contributed by atoms with van der Waals surface area (Å²) in [5.41, 5.74) is 4.20. The summed E-state index contributed by atoms with van der Waals surface area (Å²) in [6.07, 6.45) is 14.8.